The standard InChI is InChI=1S/C18H20O6/c1-2-4-11(5-3-1)10-19-12-13-17(6-8-20-17)15-18(7-9-21-18)14(12)23-16(22-13)24-15/h1-5,12-16H,6-10H2. The Morgan fingerprint density at radius 2 is 1.54 bits per heavy atom. The second-order valence-electron chi connectivity index (χ2n) is 7.29. The largest absolute Gasteiger partial charge is 0.369 e. The highest BCUT2D eigenvalue weighted by molar-refractivity contribution is 5.25. The van der Waals surface area contributed by atoms with E-state index in [0.717, 1.165) is 31.6 Å². The molecule has 1 aliphatic carbocycles. The van der Waals surface area contributed by atoms with E-state index in [1.54, 1.807) is 0 Å². The number of ether oxygens (including phenoxy) is 6. The van der Waals surface area contributed by atoms with E-state index in [1.165, 1.54) is 0 Å². The summed E-state index contributed by atoms with van der Waals surface area (Å²) in [6.07, 6.45) is 1.18. The van der Waals surface area contributed by atoms with Crippen LogP contribution in [-0.2, 0) is 35.0 Å². The van der Waals surface area contributed by atoms with E-state index >= 15 is 0 Å². The maximum atomic E-state index is 6.30. The van der Waals surface area contributed by atoms with Crippen LogP contribution in [0.15, 0.2) is 30.3 Å². The van der Waals surface area contributed by atoms with Gasteiger partial charge in [0.25, 0.3) is 6.48 Å². The lowest BCUT2D eigenvalue weighted by Crippen LogP contribution is -2.89. The lowest BCUT2D eigenvalue weighted by atomic mass is 9.60. The summed E-state index contributed by atoms with van der Waals surface area (Å²) in [5.74, 6) is 0. The zero-order chi connectivity index (χ0) is 15.8. The Kier molecular flexibility index (Phi) is 2.83. The van der Waals surface area contributed by atoms with Crippen LogP contribution in [0.1, 0.15) is 18.4 Å². The van der Waals surface area contributed by atoms with Crippen LogP contribution in [0.25, 0.3) is 0 Å². The minimum absolute atomic E-state index is 0.119. The Hall–Kier alpha value is -1.02. The molecule has 4 unspecified atom stereocenters. The Bertz CT molecular complexity index is 608. The van der Waals surface area contributed by atoms with Crippen LogP contribution in [0, 0.1) is 0 Å². The van der Waals surface area contributed by atoms with Crippen molar-refractivity contribution in [2.75, 3.05) is 13.2 Å². The SMILES string of the molecule is c1ccc(COC2C3OC4OC2C2(CCO2)C(O4)C32CCO2)cc1. The minimum atomic E-state index is -0.619. The molecule has 6 fully saturated rings. The summed E-state index contributed by atoms with van der Waals surface area (Å²) in [7, 11) is 0. The van der Waals surface area contributed by atoms with Crippen molar-refractivity contribution in [1.82, 2.24) is 0 Å². The van der Waals surface area contributed by atoms with Crippen LogP contribution in [0.4, 0.5) is 0 Å². The van der Waals surface area contributed by atoms with Crippen LogP contribution in [0.3, 0.4) is 0 Å². The van der Waals surface area contributed by atoms with Gasteiger partial charge in [0.15, 0.2) is 0 Å². The average Bonchev–Trinajstić information content (AvgIpc) is 2.52. The third-order valence-electron chi connectivity index (χ3n) is 6.22. The van der Waals surface area contributed by atoms with Crippen molar-refractivity contribution < 1.29 is 28.4 Å². The van der Waals surface area contributed by atoms with Crippen molar-refractivity contribution in [3.05, 3.63) is 35.9 Å². The molecule has 1 aromatic rings. The first kappa shape index (κ1) is 14.2. The Labute approximate surface area is 139 Å². The molecule has 2 spiro atoms. The fourth-order valence-electron chi connectivity index (χ4n) is 4.97. The van der Waals surface area contributed by atoms with Crippen molar-refractivity contribution in [1.29, 1.82) is 0 Å². The molecule has 5 saturated heterocycles. The normalized spacial score (nSPS) is 50.9. The van der Waals surface area contributed by atoms with Crippen molar-refractivity contribution >= 4 is 0 Å². The Morgan fingerprint density at radius 1 is 0.917 bits per heavy atom. The van der Waals surface area contributed by atoms with Gasteiger partial charge in [-0.2, -0.15) is 0 Å². The molecule has 0 amide bonds. The van der Waals surface area contributed by atoms with Gasteiger partial charge in [0.2, 0.25) is 0 Å². The fourth-order valence-corrected chi connectivity index (χ4v) is 4.97. The molecule has 24 heavy (non-hydrogen) atoms. The molecular formula is C18H20O6. The molecule has 4 bridgehead atoms. The molecule has 5 heterocycles. The molecule has 6 nitrogen and oxygen atoms in total. The first-order valence-corrected chi connectivity index (χ1v) is 8.72. The van der Waals surface area contributed by atoms with Gasteiger partial charge in [-0.3, -0.25) is 0 Å². The van der Waals surface area contributed by atoms with Gasteiger partial charge in [0, 0.05) is 12.8 Å². The van der Waals surface area contributed by atoms with E-state index in [4.69, 9.17) is 28.4 Å². The first-order valence-electron chi connectivity index (χ1n) is 8.72. The highest BCUT2D eigenvalue weighted by Crippen LogP contribution is 2.60. The van der Waals surface area contributed by atoms with Gasteiger partial charge in [-0.05, 0) is 5.56 Å². The summed E-state index contributed by atoms with van der Waals surface area (Å²) in [6.45, 7) is 1.37. The van der Waals surface area contributed by atoms with Crippen molar-refractivity contribution in [3.8, 4) is 0 Å². The molecule has 6 heteroatoms. The van der Waals surface area contributed by atoms with Gasteiger partial charge >= 0.3 is 0 Å². The fraction of sp³-hybridized carbons (Fsp3) is 0.667. The minimum Gasteiger partial charge on any atom is -0.369 e. The number of hydrogen-bond donors (Lipinski definition) is 0. The van der Waals surface area contributed by atoms with E-state index in [2.05, 4.69) is 12.1 Å². The molecule has 1 saturated carbocycles. The van der Waals surface area contributed by atoms with Crippen LogP contribution < -0.4 is 0 Å². The summed E-state index contributed by atoms with van der Waals surface area (Å²) >= 11 is 0. The highest BCUT2D eigenvalue weighted by Gasteiger charge is 2.79. The van der Waals surface area contributed by atoms with E-state index in [9.17, 15) is 0 Å². The van der Waals surface area contributed by atoms with E-state index < -0.39 is 17.7 Å². The van der Waals surface area contributed by atoms with Crippen molar-refractivity contribution in [3.63, 3.8) is 0 Å². The maximum Gasteiger partial charge on any atom is 0.273 e. The summed E-state index contributed by atoms with van der Waals surface area (Å²) in [4.78, 5) is 0. The molecular weight excluding hydrogens is 312 g/mol. The van der Waals surface area contributed by atoms with Gasteiger partial charge in [-0.1, -0.05) is 30.3 Å². The molecule has 7 rings (SSSR count). The van der Waals surface area contributed by atoms with E-state index in [1.807, 2.05) is 18.2 Å². The van der Waals surface area contributed by atoms with Crippen molar-refractivity contribution in [2.24, 2.45) is 0 Å². The molecule has 6 aliphatic rings. The Morgan fingerprint density at radius 3 is 2.08 bits per heavy atom. The quantitative estimate of drug-likeness (QED) is 0.833. The molecule has 4 atom stereocenters. The van der Waals surface area contributed by atoms with Gasteiger partial charge < -0.3 is 28.4 Å². The summed E-state index contributed by atoms with van der Waals surface area (Å²) in [6, 6.07) is 10.2. The number of hydrogen-bond acceptors (Lipinski definition) is 6. The van der Waals surface area contributed by atoms with Crippen LogP contribution >= 0.6 is 0 Å². The maximum absolute atomic E-state index is 6.30. The van der Waals surface area contributed by atoms with Gasteiger partial charge in [-0.25, -0.2) is 0 Å². The average molecular weight is 332 g/mol. The first-order chi connectivity index (χ1) is 11.8. The monoisotopic (exact) mass is 332 g/mol. The highest BCUT2D eigenvalue weighted by atomic mass is 16.9. The lowest BCUT2D eigenvalue weighted by Gasteiger charge is -2.72. The van der Waals surface area contributed by atoms with Gasteiger partial charge in [0.1, 0.15) is 35.6 Å². The third-order valence-corrected chi connectivity index (χ3v) is 6.22. The molecule has 128 valence electrons. The second kappa shape index (κ2) is 4.78. The predicted octanol–water partition coefficient (Wildman–Crippen LogP) is 1.37. The molecule has 5 aliphatic heterocycles. The summed E-state index contributed by atoms with van der Waals surface area (Å²) in [5, 5.41) is 0. The number of benzene rings is 1. The zero-order valence-electron chi connectivity index (χ0n) is 13.3. The van der Waals surface area contributed by atoms with Crippen LogP contribution in [0.2, 0.25) is 0 Å². The molecule has 0 radical (unpaired) electrons. The molecule has 0 aromatic heterocycles. The number of rotatable bonds is 3. The lowest BCUT2D eigenvalue weighted by molar-refractivity contribution is -0.549. The molecule has 0 N–H and O–H groups in total. The summed E-state index contributed by atoms with van der Waals surface area (Å²) < 4.78 is 36.4. The van der Waals surface area contributed by atoms with Gasteiger partial charge in [-0.15, -0.1) is 0 Å². The van der Waals surface area contributed by atoms with E-state index in [0.29, 0.717) is 6.61 Å². The Balaban J connectivity index is 1.34. The summed E-state index contributed by atoms with van der Waals surface area (Å²) in [5.41, 5.74) is 0.242. The third kappa shape index (κ3) is 1.62. The van der Waals surface area contributed by atoms with Crippen LogP contribution in [-0.4, -0.2) is 55.3 Å². The predicted molar refractivity (Wildman–Crippen MR) is 80.0 cm³/mol. The zero-order valence-corrected chi connectivity index (χ0v) is 13.3. The molecule has 1 aromatic carbocycles. The van der Waals surface area contributed by atoms with Gasteiger partial charge in [0.05, 0.1) is 19.8 Å². The second-order valence-corrected chi connectivity index (χ2v) is 7.29. The van der Waals surface area contributed by atoms with E-state index in [-0.39, 0.29) is 24.4 Å². The smallest absolute Gasteiger partial charge is 0.273 e. The topological polar surface area (TPSA) is 55.4 Å². The van der Waals surface area contributed by atoms with Crippen molar-refractivity contribution in [2.45, 2.75) is 61.5 Å². The van der Waals surface area contributed by atoms with Crippen LogP contribution in [0.5, 0.6) is 0 Å².